The summed E-state index contributed by atoms with van der Waals surface area (Å²) in [4.78, 5) is 26.9. The number of benzene rings is 1. The van der Waals surface area contributed by atoms with E-state index in [1.165, 1.54) is 0 Å². The standard InChI is InChI=1S/C21H26N4OS/c1-16-7-9-25(10-8-16)21(26)18-15-22-19(17-5-3-2-4-6-17)23-20(18)24-11-13-27-14-12-24/h2-6,15-16H,7-14H2,1H3. The quantitative estimate of drug-likeness (QED) is 0.812. The molecule has 5 nitrogen and oxygen atoms in total. The number of piperidine rings is 1. The van der Waals surface area contributed by atoms with Crippen LogP contribution < -0.4 is 4.90 Å². The molecule has 1 aromatic heterocycles. The van der Waals surface area contributed by atoms with Crippen molar-refractivity contribution in [1.82, 2.24) is 14.9 Å². The lowest BCUT2D eigenvalue weighted by atomic mass is 9.99. The zero-order valence-electron chi connectivity index (χ0n) is 15.8. The number of likely N-dealkylation sites (tertiary alicyclic amines) is 1. The van der Waals surface area contributed by atoms with Crippen molar-refractivity contribution in [3.63, 3.8) is 0 Å². The second-order valence-corrected chi connectivity index (χ2v) is 8.60. The summed E-state index contributed by atoms with van der Waals surface area (Å²) in [6.45, 7) is 5.77. The van der Waals surface area contributed by atoms with E-state index in [1.54, 1.807) is 6.20 Å². The molecule has 0 atom stereocenters. The van der Waals surface area contributed by atoms with E-state index in [2.05, 4.69) is 16.8 Å². The van der Waals surface area contributed by atoms with Gasteiger partial charge < -0.3 is 9.80 Å². The van der Waals surface area contributed by atoms with Crippen molar-refractivity contribution in [1.29, 1.82) is 0 Å². The van der Waals surface area contributed by atoms with E-state index in [1.807, 2.05) is 47.0 Å². The van der Waals surface area contributed by atoms with Gasteiger partial charge in [0.1, 0.15) is 11.4 Å². The molecule has 2 saturated heterocycles. The fourth-order valence-corrected chi connectivity index (χ4v) is 4.55. The van der Waals surface area contributed by atoms with E-state index >= 15 is 0 Å². The van der Waals surface area contributed by atoms with Crippen molar-refractivity contribution < 1.29 is 4.79 Å². The van der Waals surface area contributed by atoms with E-state index in [4.69, 9.17) is 4.98 Å². The Hall–Kier alpha value is -2.08. The molecule has 2 aromatic rings. The van der Waals surface area contributed by atoms with Gasteiger partial charge in [0.25, 0.3) is 5.91 Å². The Kier molecular flexibility index (Phi) is 5.62. The van der Waals surface area contributed by atoms with E-state index < -0.39 is 0 Å². The van der Waals surface area contributed by atoms with Gasteiger partial charge in [-0.3, -0.25) is 4.79 Å². The lowest BCUT2D eigenvalue weighted by molar-refractivity contribution is 0.0697. The number of rotatable bonds is 3. The predicted octanol–water partition coefficient (Wildman–Crippen LogP) is 3.57. The Morgan fingerprint density at radius 1 is 1.07 bits per heavy atom. The maximum Gasteiger partial charge on any atom is 0.259 e. The third-order valence-corrected chi connectivity index (χ3v) is 6.35. The predicted molar refractivity (Wildman–Crippen MR) is 111 cm³/mol. The van der Waals surface area contributed by atoms with Crippen LogP contribution in [0.4, 0.5) is 5.82 Å². The first-order valence-electron chi connectivity index (χ1n) is 9.77. The molecule has 0 aliphatic carbocycles. The van der Waals surface area contributed by atoms with Crippen LogP contribution in [0.3, 0.4) is 0 Å². The number of aromatic nitrogens is 2. The van der Waals surface area contributed by atoms with Crippen LogP contribution in [0.25, 0.3) is 11.4 Å². The van der Waals surface area contributed by atoms with Gasteiger partial charge in [0.15, 0.2) is 5.82 Å². The van der Waals surface area contributed by atoms with Crippen LogP contribution in [0, 0.1) is 5.92 Å². The van der Waals surface area contributed by atoms with Gasteiger partial charge in [0, 0.05) is 49.4 Å². The highest BCUT2D eigenvalue weighted by molar-refractivity contribution is 7.99. The molecule has 2 aliphatic rings. The van der Waals surface area contributed by atoms with Crippen LogP contribution in [0.1, 0.15) is 30.1 Å². The first-order chi connectivity index (χ1) is 13.2. The number of amides is 1. The topological polar surface area (TPSA) is 49.3 Å². The fraction of sp³-hybridized carbons (Fsp3) is 0.476. The first kappa shape index (κ1) is 18.3. The second kappa shape index (κ2) is 8.30. The fourth-order valence-electron chi connectivity index (χ4n) is 3.65. The summed E-state index contributed by atoms with van der Waals surface area (Å²) in [5.41, 5.74) is 1.63. The molecule has 142 valence electrons. The Labute approximate surface area is 165 Å². The summed E-state index contributed by atoms with van der Waals surface area (Å²) in [6, 6.07) is 9.99. The molecule has 1 aromatic carbocycles. The molecule has 0 bridgehead atoms. The number of carbonyl (C=O) groups excluding carboxylic acids is 1. The lowest BCUT2D eigenvalue weighted by Crippen LogP contribution is -2.40. The molecule has 27 heavy (non-hydrogen) atoms. The van der Waals surface area contributed by atoms with Crippen molar-refractivity contribution >= 4 is 23.5 Å². The summed E-state index contributed by atoms with van der Waals surface area (Å²) in [5, 5.41) is 0. The number of carbonyl (C=O) groups is 1. The Bertz CT molecular complexity index is 784. The maximum absolute atomic E-state index is 13.2. The van der Waals surface area contributed by atoms with Gasteiger partial charge in [0.2, 0.25) is 0 Å². The average molecular weight is 383 g/mol. The molecule has 1 amide bonds. The van der Waals surface area contributed by atoms with Gasteiger partial charge in [-0.15, -0.1) is 0 Å². The highest BCUT2D eigenvalue weighted by atomic mass is 32.2. The monoisotopic (exact) mass is 382 g/mol. The molecule has 4 rings (SSSR count). The molecule has 3 heterocycles. The molecule has 0 radical (unpaired) electrons. The zero-order chi connectivity index (χ0) is 18.6. The van der Waals surface area contributed by atoms with Crippen LogP contribution in [0.5, 0.6) is 0 Å². The van der Waals surface area contributed by atoms with Gasteiger partial charge in [-0.25, -0.2) is 9.97 Å². The number of anilines is 1. The Morgan fingerprint density at radius 2 is 1.78 bits per heavy atom. The van der Waals surface area contributed by atoms with Crippen molar-refractivity contribution in [2.45, 2.75) is 19.8 Å². The smallest absolute Gasteiger partial charge is 0.259 e. The SMILES string of the molecule is CC1CCN(C(=O)c2cnc(-c3ccccc3)nc2N2CCSCC2)CC1. The van der Waals surface area contributed by atoms with Gasteiger partial charge in [-0.1, -0.05) is 37.3 Å². The number of hydrogen-bond acceptors (Lipinski definition) is 5. The van der Waals surface area contributed by atoms with Gasteiger partial charge >= 0.3 is 0 Å². The number of thioether (sulfide) groups is 1. The lowest BCUT2D eigenvalue weighted by Gasteiger charge is -2.33. The van der Waals surface area contributed by atoms with Crippen LogP contribution in [-0.2, 0) is 0 Å². The summed E-state index contributed by atoms with van der Waals surface area (Å²) in [7, 11) is 0. The molecular formula is C21H26N4OS. The van der Waals surface area contributed by atoms with Crippen molar-refractivity contribution in [3.05, 3.63) is 42.1 Å². The molecule has 0 N–H and O–H groups in total. The van der Waals surface area contributed by atoms with E-state index in [-0.39, 0.29) is 5.91 Å². The normalized spacial score (nSPS) is 18.6. The van der Waals surface area contributed by atoms with Crippen LogP contribution in [0.2, 0.25) is 0 Å². The molecule has 6 heteroatoms. The Morgan fingerprint density at radius 3 is 2.48 bits per heavy atom. The molecular weight excluding hydrogens is 356 g/mol. The summed E-state index contributed by atoms with van der Waals surface area (Å²) in [5.74, 6) is 4.40. The molecule has 0 unspecified atom stereocenters. The minimum atomic E-state index is 0.0785. The second-order valence-electron chi connectivity index (χ2n) is 7.37. The minimum absolute atomic E-state index is 0.0785. The zero-order valence-corrected chi connectivity index (χ0v) is 16.6. The highest BCUT2D eigenvalue weighted by Gasteiger charge is 2.27. The minimum Gasteiger partial charge on any atom is -0.354 e. The summed E-state index contributed by atoms with van der Waals surface area (Å²) < 4.78 is 0. The first-order valence-corrected chi connectivity index (χ1v) is 10.9. The maximum atomic E-state index is 13.2. The van der Waals surface area contributed by atoms with Crippen LogP contribution >= 0.6 is 11.8 Å². The van der Waals surface area contributed by atoms with E-state index in [9.17, 15) is 4.79 Å². The van der Waals surface area contributed by atoms with Crippen molar-refractivity contribution in [2.24, 2.45) is 5.92 Å². The highest BCUT2D eigenvalue weighted by Crippen LogP contribution is 2.27. The molecule has 0 spiro atoms. The molecule has 2 aliphatic heterocycles. The van der Waals surface area contributed by atoms with Crippen LogP contribution in [0.15, 0.2) is 36.5 Å². The summed E-state index contributed by atoms with van der Waals surface area (Å²) in [6.07, 6.45) is 3.89. The Balaban J connectivity index is 1.68. The molecule has 2 fully saturated rings. The number of nitrogens with zero attached hydrogens (tertiary/aromatic N) is 4. The average Bonchev–Trinajstić information content (AvgIpc) is 2.75. The van der Waals surface area contributed by atoms with Gasteiger partial charge in [-0.2, -0.15) is 11.8 Å². The third kappa shape index (κ3) is 4.10. The van der Waals surface area contributed by atoms with Crippen LogP contribution in [-0.4, -0.2) is 58.5 Å². The largest absolute Gasteiger partial charge is 0.354 e. The van der Waals surface area contributed by atoms with Crippen molar-refractivity contribution in [2.75, 3.05) is 42.6 Å². The van der Waals surface area contributed by atoms with Gasteiger partial charge in [0.05, 0.1) is 0 Å². The molecule has 0 saturated carbocycles. The number of hydrogen-bond donors (Lipinski definition) is 0. The van der Waals surface area contributed by atoms with Crippen molar-refractivity contribution in [3.8, 4) is 11.4 Å². The van der Waals surface area contributed by atoms with Gasteiger partial charge in [-0.05, 0) is 18.8 Å². The third-order valence-electron chi connectivity index (χ3n) is 5.41. The summed E-state index contributed by atoms with van der Waals surface area (Å²) >= 11 is 1.96. The van der Waals surface area contributed by atoms with E-state index in [0.29, 0.717) is 17.3 Å². The van der Waals surface area contributed by atoms with E-state index in [0.717, 1.165) is 61.9 Å².